The van der Waals surface area contributed by atoms with E-state index in [0.29, 0.717) is 12.1 Å². The van der Waals surface area contributed by atoms with Crippen molar-refractivity contribution in [2.24, 2.45) is 0 Å². The Bertz CT molecular complexity index is 1330. The highest BCUT2D eigenvalue weighted by Gasteiger charge is 2.47. The van der Waals surface area contributed by atoms with Crippen LogP contribution in [-0.2, 0) is 15.9 Å². The predicted octanol–water partition coefficient (Wildman–Crippen LogP) is 4.99. The highest BCUT2D eigenvalue weighted by atomic mass is 19.1. The van der Waals surface area contributed by atoms with Crippen LogP contribution in [0.5, 0.6) is 5.75 Å². The number of rotatable bonds is 10. The van der Waals surface area contributed by atoms with Gasteiger partial charge >= 0.3 is 6.09 Å². The quantitative estimate of drug-likeness (QED) is 0.276. The topological polar surface area (TPSA) is 75.8 Å². The maximum absolute atomic E-state index is 16.0. The highest BCUT2D eigenvalue weighted by Crippen LogP contribution is 2.44. The fraction of sp³-hybridized carbons (Fsp3) is 0.464. The van der Waals surface area contributed by atoms with Crippen LogP contribution in [-0.4, -0.2) is 73.9 Å². The summed E-state index contributed by atoms with van der Waals surface area (Å²) in [5.41, 5.74) is 0.522. The Labute approximate surface area is 223 Å². The molecule has 11 heteroatoms. The number of ether oxygens (including phenoxy) is 3. The lowest BCUT2D eigenvalue weighted by Gasteiger charge is -2.46. The molecule has 7 nitrogen and oxygen atoms in total. The first-order chi connectivity index (χ1) is 18.8. The Morgan fingerprint density at radius 2 is 2.00 bits per heavy atom. The molecule has 1 aromatic heterocycles. The molecule has 0 bridgehead atoms. The van der Waals surface area contributed by atoms with Crippen LogP contribution in [0.3, 0.4) is 0 Å². The molecule has 3 aromatic rings. The lowest BCUT2D eigenvalue weighted by atomic mass is 9.86. The number of H-pyrrole nitrogens is 1. The molecule has 0 aliphatic carbocycles. The number of benzene rings is 2. The SMILES string of the molecule is C[C@@H]1Cc2c([nH]c3ccccc23)[C@@H](c2c(F)ccc(OCCOC(=O)NCCCF)c2F)N1CC1(F)COC1. The number of aromatic nitrogens is 1. The van der Waals surface area contributed by atoms with Crippen molar-refractivity contribution in [3.05, 3.63) is 64.9 Å². The van der Waals surface area contributed by atoms with E-state index in [2.05, 4.69) is 10.3 Å². The summed E-state index contributed by atoms with van der Waals surface area (Å²) in [5.74, 6) is -1.91. The zero-order chi connectivity index (χ0) is 27.6. The van der Waals surface area contributed by atoms with Gasteiger partial charge in [-0.3, -0.25) is 9.29 Å². The number of hydrogen-bond donors (Lipinski definition) is 2. The molecule has 0 saturated carbocycles. The van der Waals surface area contributed by atoms with Crippen LogP contribution < -0.4 is 10.1 Å². The lowest BCUT2D eigenvalue weighted by Crippen LogP contribution is -2.57. The number of para-hydroxylation sites is 1. The monoisotopic (exact) mass is 549 g/mol. The van der Waals surface area contributed by atoms with E-state index in [1.807, 2.05) is 31.2 Å². The van der Waals surface area contributed by atoms with Crippen LogP contribution in [0.15, 0.2) is 36.4 Å². The van der Waals surface area contributed by atoms with Crippen molar-refractivity contribution in [2.75, 3.05) is 46.2 Å². The summed E-state index contributed by atoms with van der Waals surface area (Å²) in [6.45, 7) is 0.908. The first-order valence-electron chi connectivity index (χ1n) is 13.0. The Morgan fingerprint density at radius 3 is 2.74 bits per heavy atom. The molecule has 39 heavy (non-hydrogen) atoms. The summed E-state index contributed by atoms with van der Waals surface area (Å²) >= 11 is 0. The summed E-state index contributed by atoms with van der Waals surface area (Å²) in [4.78, 5) is 16.7. The van der Waals surface area contributed by atoms with E-state index >= 15 is 13.2 Å². The second kappa shape index (κ2) is 11.4. The molecule has 3 heterocycles. The molecule has 1 fully saturated rings. The number of hydrogen-bond acceptors (Lipinski definition) is 5. The molecule has 2 aliphatic rings. The fourth-order valence-electron chi connectivity index (χ4n) is 5.31. The number of nitrogens with one attached hydrogen (secondary N) is 2. The van der Waals surface area contributed by atoms with E-state index in [-0.39, 0.29) is 63.3 Å². The van der Waals surface area contributed by atoms with Crippen LogP contribution in [0.2, 0.25) is 0 Å². The van der Waals surface area contributed by atoms with Gasteiger partial charge in [-0.2, -0.15) is 0 Å². The zero-order valence-corrected chi connectivity index (χ0v) is 21.6. The number of aromatic amines is 1. The Morgan fingerprint density at radius 1 is 1.21 bits per heavy atom. The van der Waals surface area contributed by atoms with E-state index < -0.39 is 36.1 Å². The zero-order valence-electron chi connectivity index (χ0n) is 21.6. The average molecular weight is 550 g/mol. The molecular formula is C28H31F4N3O4. The Balaban J connectivity index is 1.44. The van der Waals surface area contributed by atoms with Gasteiger partial charge in [0.2, 0.25) is 0 Å². The van der Waals surface area contributed by atoms with Crippen molar-refractivity contribution in [3.8, 4) is 5.75 Å². The van der Waals surface area contributed by atoms with Crippen molar-refractivity contribution in [3.63, 3.8) is 0 Å². The standard InChI is InChI=1S/C28H31F4N3O4/c1-17-13-19-18-5-2-3-6-21(18)34-25(19)26(35(17)14-28(32)15-37-16-28)23-20(30)7-8-22(24(23)31)38-11-12-39-27(36)33-10-4-9-29/h2-3,5-8,17,26,34H,4,9-16H2,1H3,(H,33,36)/t17-,26-/m1/s1. The highest BCUT2D eigenvalue weighted by molar-refractivity contribution is 5.85. The number of fused-ring (bicyclic) bond motifs is 3. The average Bonchev–Trinajstić information content (AvgIpc) is 3.26. The smallest absolute Gasteiger partial charge is 0.407 e. The molecule has 2 atom stereocenters. The predicted molar refractivity (Wildman–Crippen MR) is 136 cm³/mol. The van der Waals surface area contributed by atoms with Gasteiger partial charge in [0.05, 0.1) is 31.5 Å². The summed E-state index contributed by atoms with van der Waals surface area (Å²) in [6, 6.07) is 8.78. The number of carbonyl (C=O) groups is 1. The van der Waals surface area contributed by atoms with Gasteiger partial charge in [0, 0.05) is 35.7 Å². The minimum Gasteiger partial charge on any atom is -0.487 e. The molecule has 1 amide bonds. The van der Waals surface area contributed by atoms with E-state index in [0.717, 1.165) is 22.5 Å². The minimum absolute atomic E-state index is 0.0526. The van der Waals surface area contributed by atoms with Gasteiger partial charge in [-0.25, -0.2) is 18.0 Å². The number of nitrogens with zero attached hydrogens (tertiary/aromatic N) is 1. The molecule has 2 aliphatic heterocycles. The number of alkyl halides is 2. The fourth-order valence-corrected chi connectivity index (χ4v) is 5.31. The van der Waals surface area contributed by atoms with Crippen molar-refractivity contribution < 1.29 is 36.6 Å². The maximum atomic E-state index is 16.0. The molecule has 0 spiro atoms. The number of alkyl carbamates (subject to hydrolysis) is 1. The van der Waals surface area contributed by atoms with Gasteiger partial charge in [-0.05, 0) is 43.5 Å². The minimum atomic E-state index is -1.61. The third kappa shape index (κ3) is 5.56. The summed E-state index contributed by atoms with van der Waals surface area (Å²) in [5, 5.41) is 3.34. The largest absolute Gasteiger partial charge is 0.487 e. The van der Waals surface area contributed by atoms with Gasteiger partial charge in [-0.15, -0.1) is 0 Å². The molecule has 2 aromatic carbocycles. The normalized spacial score (nSPS) is 20.3. The summed E-state index contributed by atoms with van der Waals surface area (Å²) in [7, 11) is 0. The van der Waals surface area contributed by atoms with Crippen molar-refractivity contribution in [1.82, 2.24) is 15.2 Å². The van der Waals surface area contributed by atoms with Gasteiger partial charge in [0.1, 0.15) is 19.0 Å². The Kier molecular flexibility index (Phi) is 7.99. The van der Waals surface area contributed by atoms with Crippen LogP contribution in [0.1, 0.15) is 36.2 Å². The summed E-state index contributed by atoms with van der Waals surface area (Å²) in [6.07, 6.45) is 0.00277. The molecule has 210 valence electrons. The van der Waals surface area contributed by atoms with E-state index in [9.17, 15) is 9.18 Å². The van der Waals surface area contributed by atoms with Crippen molar-refractivity contribution in [2.45, 2.75) is 37.5 Å². The molecule has 0 radical (unpaired) electrons. The molecule has 5 rings (SSSR count). The van der Waals surface area contributed by atoms with E-state index in [1.165, 1.54) is 6.07 Å². The van der Waals surface area contributed by atoms with Crippen LogP contribution in [0.4, 0.5) is 22.4 Å². The van der Waals surface area contributed by atoms with E-state index in [4.69, 9.17) is 14.2 Å². The van der Waals surface area contributed by atoms with Gasteiger partial charge in [0.15, 0.2) is 17.2 Å². The third-order valence-electron chi connectivity index (χ3n) is 7.22. The number of amides is 1. The maximum Gasteiger partial charge on any atom is 0.407 e. The van der Waals surface area contributed by atoms with Gasteiger partial charge < -0.3 is 24.5 Å². The molecule has 2 N–H and O–H groups in total. The molecule has 0 unspecified atom stereocenters. The van der Waals surface area contributed by atoms with Gasteiger partial charge in [0.25, 0.3) is 0 Å². The van der Waals surface area contributed by atoms with Crippen molar-refractivity contribution >= 4 is 17.0 Å². The second-order valence-electron chi connectivity index (χ2n) is 10.1. The Hall–Kier alpha value is -3.31. The number of halogens is 4. The second-order valence-corrected chi connectivity index (χ2v) is 10.1. The van der Waals surface area contributed by atoms with Gasteiger partial charge in [-0.1, -0.05) is 18.2 Å². The molecular weight excluding hydrogens is 518 g/mol. The lowest BCUT2D eigenvalue weighted by molar-refractivity contribution is -0.148. The number of carbonyl (C=O) groups excluding carboxylic acids is 1. The van der Waals surface area contributed by atoms with Crippen LogP contribution >= 0.6 is 0 Å². The van der Waals surface area contributed by atoms with Crippen LogP contribution in [0, 0.1) is 11.6 Å². The summed E-state index contributed by atoms with van der Waals surface area (Å²) < 4.78 is 74.5. The van der Waals surface area contributed by atoms with Crippen LogP contribution in [0.25, 0.3) is 10.9 Å². The first kappa shape index (κ1) is 27.3. The first-order valence-corrected chi connectivity index (χ1v) is 13.0. The third-order valence-corrected chi connectivity index (χ3v) is 7.22. The van der Waals surface area contributed by atoms with E-state index in [1.54, 1.807) is 4.90 Å². The molecule has 1 saturated heterocycles. The van der Waals surface area contributed by atoms with Crippen molar-refractivity contribution in [1.29, 1.82) is 0 Å².